The molecular weight excluding hydrogens is 298 g/mol. The summed E-state index contributed by atoms with van der Waals surface area (Å²) in [5, 5.41) is 0. The molecule has 2 aliphatic heterocycles. The first-order valence-electron chi connectivity index (χ1n) is 10.5. The van der Waals surface area contributed by atoms with Crippen molar-refractivity contribution in [2.75, 3.05) is 45.8 Å². The molecule has 4 fully saturated rings. The summed E-state index contributed by atoms with van der Waals surface area (Å²) in [4.78, 5) is 20.0. The largest absolute Gasteiger partial charge is 0.339 e. The second-order valence-electron chi connectivity index (χ2n) is 8.67. The summed E-state index contributed by atoms with van der Waals surface area (Å²) in [5.41, 5.74) is 0. The summed E-state index contributed by atoms with van der Waals surface area (Å²) in [6, 6.07) is 0.638. The molecule has 0 unspecified atom stereocenters. The number of hydrogen-bond acceptors (Lipinski definition) is 3. The molecule has 0 N–H and O–H groups in total. The highest BCUT2D eigenvalue weighted by Gasteiger charge is 2.41. The zero-order chi connectivity index (χ0) is 16.5. The number of carbonyl (C=O) groups is 1. The SMILES string of the molecule is CCN1CCN(C2CN(C(=O)CC(C3CCC3)C3CCC3)C2)CC1. The summed E-state index contributed by atoms with van der Waals surface area (Å²) in [5.74, 6) is 2.92. The van der Waals surface area contributed by atoms with Crippen molar-refractivity contribution < 1.29 is 4.79 Å². The summed E-state index contributed by atoms with van der Waals surface area (Å²) in [7, 11) is 0. The third-order valence-electron chi connectivity index (χ3n) is 7.51. The van der Waals surface area contributed by atoms with Crippen LogP contribution in [-0.4, -0.2) is 72.5 Å². The van der Waals surface area contributed by atoms with E-state index in [2.05, 4.69) is 21.6 Å². The molecule has 0 aromatic rings. The lowest BCUT2D eigenvalue weighted by Crippen LogP contribution is -2.64. The molecule has 1 amide bonds. The minimum absolute atomic E-state index is 0.460. The van der Waals surface area contributed by atoms with Gasteiger partial charge in [-0.3, -0.25) is 9.69 Å². The molecule has 0 radical (unpaired) electrons. The first-order valence-corrected chi connectivity index (χ1v) is 10.5. The summed E-state index contributed by atoms with van der Waals surface area (Å²) in [6.45, 7) is 10.2. The maximum absolute atomic E-state index is 12.8. The lowest BCUT2D eigenvalue weighted by molar-refractivity contribution is -0.142. The average Bonchev–Trinajstić information content (AvgIpc) is 2.42. The molecule has 4 heteroatoms. The van der Waals surface area contributed by atoms with Gasteiger partial charge in [-0.25, -0.2) is 0 Å². The van der Waals surface area contributed by atoms with Gasteiger partial charge in [-0.1, -0.05) is 45.4 Å². The van der Waals surface area contributed by atoms with E-state index < -0.39 is 0 Å². The Labute approximate surface area is 147 Å². The van der Waals surface area contributed by atoms with E-state index >= 15 is 0 Å². The van der Waals surface area contributed by atoms with Gasteiger partial charge in [-0.15, -0.1) is 0 Å². The Morgan fingerprint density at radius 2 is 1.54 bits per heavy atom. The zero-order valence-corrected chi connectivity index (χ0v) is 15.5. The van der Waals surface area contributed by atoms with Crippen LogP contribution in [0.25, 0.3) is 0 Å². The van der Waals surface area contributed by atoms with Crippen LogP contribution in [0.5, 0.6) is 0 Å². The van der Waals surface area contributed by atoms with Gasteiger partial charge in [0.05, 0.1) is 0 Å². The Balaban J connectivity index is 1.22. The first kappa shape index (κ1) is 16.8. The number of carbonyl (C=O) groups excluding carboxylic acids is 1. The second-order valence-corrected chi connectivity index (χ2v) is 8.67. The Bertz CT molecular complexity index is 418. The lowest BCUT2D eigenvalue weighted by atomic mass is 9.63. The van der Waals surface area contributed by atoms with Crippen LogP contribution in [0.2, 0.25) is 0 Å². The van der Waals surface area contributed by atoms with Crippen molar-refractivity contribution in [1.29, 1.82) is 0 Å². The molecule has 4 aliphatic rings. The lowest BCUT2D eigenvalue weighted by Gasteiger charge is -2.49. The fourth-order valence-electron chi connectivity index (χ4n) is 5.12. The van der Waals surface area contributed by atoms with Crippen LogP contribution in [0.4, 0.5) is 0 Å². The van der Waals surface area contributed by atoms with Gasteiger partial charge in [-0.2, -0.15) is 0 Å². The number of piperazine rings is 1. The molecule has 2 saturated carbocycles. The van der Waals surface area contributed by atoms with Crippen LogP contribution in [-0.2, 0) is 4.79 Å². The summed E-state index contributed by atoms with van der Waals surface area (Å²) in [6.07, 6.45) is 9.20. The number of nitrogens with zero attached hydrogens (tertiary/aromatic N) is 3. The minimum atomic E-state index is 0.460. The van der Waals surface area contributed by atoms with Crippen molar-refractivity contribution in [3.63, 3.8) is 0 Å². The van der Waals surface area contributed by atoms with E-state index in [9.17, 15) is 4.79 Å². The third-order valence-corrected chi connectivity index (χ3v) is 7.51. The Morgan fingerprint density at radius 3 is 2.00 bits per heavy atom. The molecule has 136 valence electrons. The molecule has 0 atom stereocenters. The van der Waals surface area contributed by atoms with Gasteiger partial charge in [0, 0.05) is 51.7 Å². The zero-order valence-electron chi connectivity index (χ0n) is 15.5. The number of rotatable bonds is 6. The fraction of sp³-hybridized carbons (Fsp3) is 0.950. The van der Waals surface area contributed by atoms with Crippen LogP contribution >= 0.6 is 0 Å². The Morgan fingerprint density at radius 1 is 0.958 bits per heavy atom. The van der Waals surface area contributed by atoms with Crippen LogP contribution < -0.4 is 0 Å². The first-order chi connectivity index (χ1) is 11.7. The van der Waals surface area contributed by atoms with E-state index in [4.69, 9.17) is 0 Å². The van der Waals surface area contributed by atoms with Crippen LogP contribution in [0.3, 0.4) is 0 Å². The quantitative estimate of drug-likeness (QED) is 0.747. The van der Waals surface area contributed by atoms with Crippen LogP contribution in [0.15, 0.2) is 0 Å². The average molecular weight is 334 g/mol. The van der Waals surface area contributed by atoms with Gasteiger partial charge in [0.15, 0.2) is 0 Å². The van der Waals surface area contributed by atoms with Gasteiger partial charge >= 0.3 is 0 Å². The highest BCUT2D eigenvalue weighted by atomic mass is 16.2. The molecule has 0 aromatic heterocycles. The van der Waals surface area contributed by atoms with E-state index in [0.29, 0.717) is 17.9 Å². The normalized spacial score (nSPS) is 27.8. The van der Waals surface area contributed by atoms with Gasteiger partial charge < -0.3 is 9.80 Å². The van der Waals surface area contributed by atoms with E-state index in [-0.39, 0.29) is 0 Å². The van der Waals surface area contributed by atoms with E-state index in [1.807, 2.05) is 0 Å². The molecule has 4 nitrogen and oxygen atoms in total. The van der Waals surface area contributed by atoms with Crippen LogP contribution in [0.1, 0.15) is 51.9 Å². The second kappa shape index (κ2) is 7.33. The Kier molecular flexibility index (Phi) is 5.14. The van der Waals surface area contributed by atoms with Gasteiger partial charge in [0.1, 0.15) is 0 Å². The molecule has 0 aromatic carbocycles. The molecule has 2 saturated heterocycles. The van der Waals surface area contributed by atoms with Crippen LogP contribution in [0, 0.1) is 17.8 Å². The predicted octanol–water partition coefficient (Wildman–Crippen LogP) is 2.44. The third kappa shape index (κ3) is 3.37. The molecule has 4 rings (SSSR count). The van der Waals surface area contributed by atoms with Gasteiger partial charge in [-0.05, 0) is 24.3 Å². The predicted molar refractivity (Wildman–Crippen MR) is 96.8 cm³/mol. The Hall–Kier alpha value is -0.610. The van der Waals surface area contributed by atoms with Crippen molar-refractivity contribution in [3.05, 3.63) is 0 Å². The van der Waals surface area contributed by atoms with Crippen molar-refractivity contribution in [2.45, 2.75) is 57.9 Å². The standard InChI is InChI=1S/C20H35N3O/c1-2-21-9-11-22(12-10-21)18-14-23(15-18)20(24)13-19(16-5-3-6-16)17-7-4-8-17/h16-19H,2-15H2,1H3. The number of likely N-dealkylation sites (tertiary alicyclic amines) is 1. The van der Waals surface area contributed by atoms with Gasteiger partial charge in [0.25, 0.3) is 0 Å². The molecule has 2 heterocycles. The van der Waals surface area contributed by atoms with Crippen molar-refractivity contribution in [1.82, 2.24) is 14.7 Å². The molecule has 0 bridgehead atoms. The van der Waals surface area contributed by atoms with E-state index in [1.54, 1.807) is 0 Å². The highest BCUT2D eigenvalue weighted by Crippen LogP contribution is 2.46. The van der Waals surface area contributed by atoms with E-state index in [0.717, 1.165) is 31.3 Å². The number of hydrogen-bond donors (Lipinski definition) is 0. The number of likely N-dealkylation sites (N-methyl/N-ethyl adjacent to an activating group) is 1. The smallest absolute Gasteiger partial charge is 0.222 e. The van der Waals surface area contributed by atoms with Crippen molar-refractivity contribution >= 4 is 5.91 Å². The molecule has 2 aliphatic carbocycles. The van der Waals surface area contributed by atoms with Crippen molar-refractivity contribution in [2.24, 2.45) is 17.8 Å². The maximum Gasteiger partial charge on any atom is 0.222 e. The molecule has 0 spiro atoms. The summed E-state index contributed by atoms with van der Waals surface area (Å²) >= 11 is 0. The highest BCUT2D eigenvalue weighted by molar-refractivity contribution is 5.77. The minimum Gasteiger partial charge on any atom is -0.339 e. The molecule has 24 heavy (non-hydrogen) atoms. The van der Waals surface area contributed by atoms with E-state index in [1.165, 1.54) is 71.2 Å². The topological polar surface area (TPSA) is 26.8 Å². The van der Waals surface area contributed by atoms with Gasteiger partial charge in [0.2, 0.25) is 5.91 Å². The summed E-state index contributed by atoms with van der Waals surface area (Å²) < 4.78 is 0. The maximum atomic E-state index is 12.8. The number of amides is 1. The molecular formula is C20H35N3O. The fourth-order valence-corrected chi connectivity index (χ4v) is 5.12. The van der Waals surface area contributed by atoms with Crippen molar-refractivity contribution in [3.8, 4) is 0 Å². The monoisotopic (exact) mass is 333 g/mol.